The van der Waals surface area contributed by atoms with E-state index in [1.54, 1.807) is 18.2 Å². The molecule has 2 aromatic rings. The molecule has 0 aliphatic heterocycles. The van der Waals surface area contributed by atoms with Crippen LogP contribution in [0.1, 0.15) is 16.5 Å². The van der Waals surface area contributed by atoms with Gasteiger partial charge in [0, 0.05) is 11.4 Å². The number of aryl methyl sites for hydroxylation is 1. The fourth-order valence-corrected chi connectivity index (χ4v) is 3.49. The molecule has 0 saturated heterocycles. The standard InChI is InChI=1S/C13H15NO3S2/c1-10-4-2-5-11(8-10)19(16,17)14-9-12(15)13-6-3-7-18-13/h2-8,12,14-15H,9H2,1H3/t12-/m0/s1. The lowest BCUT2D eigenvalue weighted by molar-refractivity contribution is 0.186. The number of nitrogens with one attached hydrogen (secondary N) is 1. The second-order valence-electron chi connectivity index (χ2n) is 4.20. The van der Waals surface area contributed by atoms with E-state index < -0.39 is 16.1 Å². The third-order valence-corrected chi connectivity index (χ3v) is 5.03. The molecule has 1 aromatic heterocycles. The van der Waals surface area contributed by atoms with Gasteiger partial charge in [-0.25, -0.2) is 13.1 Å². The quantitative estimate of drug-likeness (QED) is 0.888. The third kappa shape index (κ3) is 3.63. The van der Waals surface area contributed by atoms with Gasteiger partial charge in [-0.1, -0.05) is 18.2 Å². The zero-order valence-corrected chi connectivity index (χ0v) is 12.0. The number of aliphatic hydroxyl groups is 1. The summed E-state index contributed by atoms with van der Waals surface area (Å²) in [7, 11) is -3.57. The van der Waals surface area contributed by atoms with E-state index in [-0.39, 0.29) is 11.4 Å². The van der Waals surface area contributed by atoms with Gasteiger partial charge in [-0.15, -0.1) is 11.3 Å². The number of rotatable bonds is 5. The molecule has 6 heteroatoms. The van der Waals surface area contributed by atoms with E-state index in [4.69, 9.17) is 0 Å². The van der Waals surface area contributed by atoms with Gasteiger partial charge in [0.1, 0.15) is 6.10 Å². The number of aliphatic hydroxyl groups excluding tert-OH is 1. The van der Waals surface area contributed by atoms with E-state index in [9.17, 15) is 13.5 Å². The smallest absolute Gasteiger partial charge is 0.240 e. The topological polar surface area (TPSA) is 66.4 Å². The van der Waals surface area contributed by atoms with Gasteiger partial charge in [0.25, 0.3) is 0 Å². The van der Waals surface area contributed by atoms with Gasteiger partial charge in [0.2, 0.25) is 10.0 Å². The van der Waals surface area contributed by atoms with Crippen LogP contribution >= 0.6 is 11.3 Å². The molecular formula is C13H15NO3S2. The predicted octanol–water partition coefficient (Wildman–Crippen LogP) is 2.07. The maximum atomic E-state index is 12.0. The Morgan fingerprint density at radius 1 is 1.32 bits per heavy atom. The minimum atomic E-state index is -3.57. The summed E-state index contributed by atoms with van der Waals surface area (Å²) >= 11 is 1.40. The minimum absolute atomic E-state index is 0.0310. The lowest BCUT2D eigenvalue weighted by Gasteiger charge is -2.11. The Bertz CT molecular complexity index is 636. The van der Waals surface area contributed by atoms with Gasteiger partial charge >= 0.3 is 0 Å². The molecular weight excluding hydrogens is 282 g/mol. The van der Waals surface area contributed by atoms with Crippen LogP contribution in [0.4, 0.5) is 0 Å². The Morgan fingerprint density at radius 2 is 2.11 bits per heavy atom. The van der Waals surface area contributed by atoms with Crippen LogP contribution in [0.25, 0.3) is 0 Å². The van der Waals surface area contributed by atoms with E-state index in [0.29, 0.717) is 0 Å². The van der Waals surface area contributed by atoms with Gasteiger partial charge in [0.05, 0.1) is 4.90 Å². The van der Waals surface area contributed by atoms with Crippen molar-refractivity contribution >= 4 is 21.4 Å². The highest BCUT2D eigenvalue weighted by molar-refractivity contribution is 7.89. The highest BCUT2D eigenvalue weighted by atomic mass is 32.2. The molecule has 0 bridgehead atoms. The maximum absolute atomic E-state index is 12.0. The van der Waals surface area contributed by atoms with Crippen molar-refractivity contribution in [2.75, 3.05) is 6.54 Å². The molecule has 2 rings (SSSR count). The molecule has 19 heavy (non-hydrogen) atoms. The largest absolute Gasteiger partial charge is 0.386 e. The second-order valence-corrected chi connectivity index (χ2v) is 6.95. The normalized spacial score (nSPS) is 13.4. The second kappa shape index (κ2) is 5.83. The molecule has 4 nitrogen and oxygen atoms in total. The first-order valence-corrected chi connectivity index (χ1v) is 8.13. The molecule has 102 valence electrons. The Kier molecular flexibility index (Phi) is 4.36. The van der Waals surface area contributed by atoms with Gasteiger partial charge in [-0.2, -0.15) is 0 Å². The Morgan fingerprint density at radius 3 is 2.74 bits per heavy atom. The molecule has 0 radical (unpaired) electrons. The van der Waals surface area contributed by atoms with E-state index in [1.807, 2.05) is 24.4 Å². The number of sulfonamides is 1. The summed E-state index contributed by atoms with van der Waals surface area (Å²) in [6.07, 6.45) is -0.820. The van der Waals surface area contributed by atoms with Crippen molar-refractivity contribution in [1.82, 2.24) is 4.72 Å². The summed E-state index contributed by atoms with van der Waals surface area (Å²) < 4.78 is 26.5. The van der Waals surface area contributed by atoms with Crippen LogP contribution in [0, 0.1) is 6.92 Å². The summed E-state index contributed by atoms with van der Waals surface area (Å²) in [5.41, 5.74) is 0.877. The molecule has 0 aliphatic rings. The molecule has 0 saturated carbocycles. The van der Waals surface area contributed by atoms with Crippen molar-refractivity contribution < 1.29 is 13.5 Å². The van der Waals surface area contributed by atoms with Gasteiger partial charge in [-0.05, 0) is 36.1 Å². The molecule has 1 heterocycles. The molecule has 0 spiro atoms. The third-order valence-electron chi connectivity index (χ3n) is 2.64. The van der Waals surface area contributed by atoms with Crippen LogP contribution in [-0.4, -0.2) is 20.1 Å². The Hall–Kier alpha value is -1.21. The first-order valence-electron chi connectivity index (χ1n) is 5.77. The van der Waals surface area contributed by atoms with Crippen LogP contribution < -0.4 is 4.72 Å². The highest BCUT2D eigenvalue weighted by Gasteiger charge is 2.17. The fraction of sp³-hybridized carbons (Fsp3) is 0.231. The van der Waals surface area contributed by atoms with E-state index in [0.717, 1.165) is 10.4 Å². The van der Waals surface area contributed by atoms with Crippen molar-refractivity contribution in [2.45, 2.75) is 17.9 Å². The van der Waals surface area contributed by atoms with Crippen molar-refractivity contribution in [3.05, 3.63) is 52.2 Å². The summed E-state index contributed by atoms with van der Waals surface area (Å²) in [6.45, 7) is 1.80. The summed E-state index contributed by atoms with van der Waals surface area (Å²) in [6, 6.07) is 10.3. The Labute approximate surface area is 116 Å². The number of benzene rings is 1. The zero-order chi connectivity index (χ0) is 13.9. The lowest BCUT2D eigenvalue weighted by Crippen LogP contribution is -2.28. The van der Waals surface area contributed by atoms with E-state index >= 15 is 0 Å². The maximum Gasteiger partial charge on any atom is 0.240 e. The zero-order valence-electron chi connectivity index (χ0n) is 10.4. The molecule has 0 fully saturated rings. The van der Waals surface area contributed by atoms with Gasteiger partial charge in [-0.3, -0.25) is 0 Å². The van der Waals surface area contributed by atoms with Crippen molar-refractivity contribution in [3.63, 3.8) is 0 Å². The molecule has 0 amide bonds. The van der Waals surface area contributed by atoms with Gasteiger partial charge in [0.15, 0.2) is 0 Å². The van der Waals surface area contributed by atoms with Gasteiger partial charge < -0.3 is 5.11 Å². The van der Waals surface area contributed by atoms with E-state index in [2.05, 4.69) is 4.72 Å². The molecule has 1 aromatic carbocycles. The molecule has 2 N–H and O–H groups in total. The monoisotopic (exact) mass is 297 g/mol. The first kappa shape index (κ1) is 14.2. The number of hydrogen-bond donors (Lipinski definition) is 2. The van der Waals surface area contributed by atoms with Crippen LogP contribution in [0.15, 0.2) is 46.7 Å². The molecule has 1 atom stereocenters. The van der Waals surface area contributed by atoms with Crippen LogP contribution in [0.5, 0.6) is 0 Å². The van der Waals surface area contributed by atoms with Crippen LogP contribution in [0.2, 0.25) is 0 Å². The summed E-state index contributed by atoms with van der Waals surface area (Å²) in [5, 5.41) is 11.7. The average molecular weight is 297 g/mol. The first-order chi connectivity index (χ1) is 8.99. The van der Waals surface area contributed by atoms with Crippen molar-refractivity contribution in [1.29, 1.82) is 0 Å². The fourth-order valence-electron chi connectivity index (χ4n) is 1.64. The van der Waals surface area contributed by atoms with Crippen LogP contribution in [-0.2, 0) is 10.0 Å². The Balaban J connectivity index is 2.06. The van der Waals surface area contributed by atoms with Crippen LogP contribution in [0.3, 0.4) is 0 Å². The lowest BCUT2D eigenvalue weighted by atomic mass is 10.2. The predicted molar refractivity (Wildman–Crippen MR) is 75.6 cm³/mol. The SMILES string of the molecule is Cc1cccc(S(=O)(=O)NC[C@H](O)c2cccs2)c1. The highest BCUT2D eigenvalue weighted by Crippen LogP contribution is 2.18. The minimum Gasteiger partial charge on any atom is -0.386 e. The van der Waals surface area contributed by atoms with Crippen molar-refractivity contribution in [3.8, 4) is 0 Å². The number of thiophene rings is 1. The molecule has 0 aliphatic carbocycles. The average Bonchev–Trinajstić information content (AvgIpc) is 2.90. The molecule has 0 unspecified atom stereocenters. The summed E-state index contributed by atoms with van der Waals surface area (Å²) in [4.78, 5) is 0.956. The summed E-state index contributed by atoms with van der Waals surface area (Å²) in [5.74, 6) is 0. The van der Waals surface area contributed by atoms with E-state index in [1.165, 1.54) is 17.4 Å². The van der Waals surface area contributed by atoms with Crippen molar-refractivity contribution in [2.24, 2.45) is 0 Å². The number of hydrogen-bond acceptors (Lipinski definition) is 4.